The third-order valence-corrected chi connectivity index (χ3v) is 4.96. The van der Waals surface area contributed by atoms with E-state index >= 15 is 0 Å². The lowest BCUT2D eigenvalue weighted by molar-refractivity contribution is 0.00351. The molecule has 1 heterocycles. The van der Waals surface area contributed by atoms with Crippen LogP contribution in [-0.2, 0) is 4.74 Å². The van der Waals surface area contributed by atoms with E-state index in [4.69, 9.17) is 4.74 Å². The van der Waals surface area contributed by atoms with Gasteiger partial charge in [0.2, 0.25) is 0 Å². The van der Waals surface area contributed by atoms with E-state index in [1.165, 1.54) is 5.69 Å². The highest BCUT2D eigenvalue weighted by atomic mass is 16.5. The molecule has 0 atom stereocenters. The van der Waals surface area contributed by atoms with Crippen LogP contribution in [-0.4, -0.2) is 23.2 Å². The zero-order valence-electron chi connectivity index (χ0n) is 15.5. The standard InChI is InChI=1S/C22H27NO2/c1-21(2)15-19(25-20(24)17-11-7-5-8-12-17)16-22(3,4)23(21)18-13-9-6-10-14-18/h5-14,19H,15-16H2,1-4H3. The van der Waals surface area contributed by atoms with E-state index in [0.717, 1.165) is 12.8 Å². The first-order valence-electron chi connectivity index (χ1n) is 8.91. The highest BCUT2D eigenvalue weighted by Crippen LogP contribution is 2.42. The number of para-hydroxylation sites is 1. The number of hydrogen-bond donors (Lipinski definition) is 0. The Labute approximate surface area is 150 Å². The van der Waals surface area contributed by atoms with Crippen molar-refractivity contribution >= 4 is 11.7 Å². The Hall–Kier alpha value is -2.29. The van der Waals surface area contributed by atoms with Crippen molar-refractivity contribution < 1.29 is 9.53 Å². The molecule has 1 fully saturated rings. The van der Waals surface area contributed by atoms with E-state index in [-0.39, 0.29) is 23.2 Å². The number of piperidine rings is 1. The van der Waals surface area contributed by atoms with Crippen LogP contribution in [0.5, 0.6) is 0 Å². The second-order valence-electron chi connectivity index (χ2n) is 8.10. The summed E-state index contributed by atoms with van der Waals surface area (Å²) < 4.78 is 5.87. The predicted octanol–water partition coefficient (Wildman–Crippen LogP) is 5.07. The van der Waals surface area contributed by atoms with E-state index in [2.05, 4.69) is 56.9 Å². The number of esters is 1. The van der Waals surface area contributed by atoms with Crippen molar-refractivity contribution in [2.75, 3.05) is 4.90 Å². The maximum absolute atomic E-state index is 12.5. The second-order valence-corrected chi connectivity index (χ2v) is 8.10. The summed E-state index contributed by atoms with van der Waals surface area (Å²) in [5.41, 5.74) is 1.61. The summed E-state index contributed by atoms with van der Waals surface area (Å²) in [6.07, 6.45) is 1.53. The molecule has 0 spiro atoms. The predicted molar refractivity (Wildman–Crippen MR) is 102 cm³/mol. The first-order valence-corrected chi connectivity index (χ1v) is 8.91. The number of hydrogen-bond acceptors (Lipinski definition) is 3. The van der Waals surface area contributed by atoms with Gasteiger partial charge in [0.15, 0.2) is 0 Å². The highest BCUT2D eigenvalue weighted by molar-refractivity contribution is 5.89. The van der Waals surface area contributed by atoms with Gasteiger partial charge in [-0.25, -0.2) is 4.79 Å². The van der Waals surface area contributed by atoms with Gasteiger partial charge in [0.25, 0.3) is 0 Å². The molecule has 3 rings (SSSR count). The van der Waals surface area contributed by atoms with E-state index in [9.17, 15) is 4.79 Å². The van der Waals surface area contributed by atoms with Crippen molar-refractivity contribution in [2.24, 2.45) is 0 Å². The number of anilines is 1. The van der Waals surface area contributed by atoms with Crippen LogP contribution in [0.15, 0.2) is 60.7 Å². The van der Waals surface area contributed by atoms with Gasteiger partial charge in [-0.1, -0.05) is 36.4 Å². The van der Waals surface area contributed by atoms with Crippen LogP contribution < -0.4 is 4.90 Å². The lowest BCUT2D eigenvalue weighted by atomic mass is 9.77. The van der Waals surface area contributed by atoms with Crippen molar-refractivity contribution in [3.63, 3.8) is 0 Å². The molecular formula is C22H27NO2. The fourth-order valence-electron chi connectivity index (χ4n) is 4.34. The Morgan fingerprint density at radius 3 is 1.88 bits per heavy atom. The largest absolute Gasteiger partial charge is 0.459 e. The molecule has 3 nitrogen and oxygen atoms in total. The molecule has 1 aliphatic heterocycles. The van der Waals surface area contributed by atoms with Crippen LogP contribution in [0, 0.1) is 0 Å². The molecular weight excluding hydrogens is 310 g/mol. The number of carbonyl (C=O) groups is 1. The minimum absolute atomic E-state index is 0.0855. The number of carbonyl (C=O) groups excluding carboxylic acids is 1. The molecule has 0 saturated carbocycles. The molecule has 1 saturated heterocycles. The monoisotopic (exact) mass is 337 g/mol. The molecule has 2 aromatic rings. The average Bonchev–Trinajstić information content (AvgIpc) is 2.54. The van der Waals surface area contributed by atoms with Crippen LogP contribution in [0.2, 0.25) is 0 Å². The first-order chi connectivity index (χ1) is 11.8. The Morgan fingerprint density at radius 2 is 1.36 bits per heavy atom. The van der Waals surface area contributed by atoms with Gasteiger partial charge in [-0.3, -0.25) is 0 Å². The Bertz CT molecular complexity index is 704. The van der Waals surface area contributed by atoms with E-state index in [0.29, 0.717) is 5.56 Å². The Morgan fingerprint density at radius 1 is 0.880 bits per heavy atom. The van der Waals surface area contributed by atoms with Gasteiger partial charge < -0.3 is 9.64 Å². The second kappa shape index (κ2) is 6.55. The zero-order chi connectivity index (χ0) is 18.1. The third kappa shape index (κ3) is 3.71. The van der Waals surface area contributed by atoms with Gasteiger partial charge in [0.1, 0.15) is 6.10 Å². The molecule has 0 amide bonds. The maximum atomic E-state index is 12.5. The van der Waals surface area contributed by atoms with Crippen molar-refractivity contribution in [3.8, 4) is 0 Å². The first kappa shape index (κ1) is 17.5. The molecule has 1 aliphatic rings. The summed E-state index contributed by atoms with van der Waals surface area (Å²) in [5, 5.41) is 0. The average molecular weight is 337 g/mol. The summed E-state index contributed by atoms with van der Waals surface area (Å²) in [6, 6.07) is 19.7. The Kier molecular flexibility index (Phi) is 4.59. The number of nitrogens with zero attached hydrogens (tertiary/aromatic N) is 1. The molecule has 25 heavy (non-hydrogen) atoms. The minimum atomic E-state index is -0.231. The summed E-state index contributed by atoms with van der Waals surface area (Å²) in [6.45, 7) is 8.91. The quantitative estimate of drug-likeness (QED) is 0.732. The number of rotatable bonds is 3. The molecule has 3 heteroatoms. The number of benzene rings is 2. The lowest BCUT2D eigenvalue weighted by Crippen LogP contribution is -2.62. The summed E-state index contributed by atoms with van der Waals surface area (Å²) >= 11 is 0. The highest BCUT2D eigenvalue weighted by Gasteiger charge is 2.46. The van der Waals surface area contributed by atoms with Gasteiger partial charge in [-0.15, -0.1) is 0 Å². The third-order valence-electron chi connectivity index (χ3n) is 4.96. The zero-order valence-corrected chi connectivity index (χ0v) is 15.5. The lowest BCUT2D eigenvalue weighted by Gasteiger charge is -2.56. The molecule has 0 radical (unpaired) electrons. The molecule has 0 N–H and O–H groups in total. The summed E-state index contributed by atoms with van der Waals surface area (Å²) in [5.74, 6) is -0.231. The van der Waals surface area contributed by atoms with Crippen LogP contribution in [0.25, 0.3) is 0 Å². The van der Waals surface area contributed by atoms with Gasteiger partial charge in [0, 0.05) is 29.6 Å². The molecule has 0 bridgehead atoms. The fourth-order valence-corrected chi connectivity index (χ4v) is 4.34. The Balaban J connectivity index is 1.80. The van der Waals surface area contributed by atoms with E-state index in [1.807, 2.05) is 24.3 Å². The van der Waals surface area contributed by atoms with Crippen molar-refractivity contribution in [1.82, 2.24) is 0 Å². The molecule has 0 aliphatic carbocycles. The van der Waals surface area contributed by atoms with Gasteiger partial charge >= 0.3 is 5.97 Å². The van der Waals surface area contributed by atoms with Crippen LogP contribution in [0.4, 0.5) is 5.69 Å². The molecule has 0 unspecified atom stereocenters. The summed E-state index contributed by atoms with van der Waals surface area (Å²) in [7, 11) is 0. The molecule has 2 aromatic carbocycles. The fraction of sp³-hybridized carbons (Fsp3) is 0.409. The maximum Gasteiger partial charge on any atom is 0.338 e. The molecule has 0 aromatic heterocycles. The summed E-state index contributed by atoms with van der Waals surface area (Å²) in [4.78, 5) is 14.9. The SMILES string of the molecule is CC1(C)CC(OC(=O)c2ccccc2)CC(C)(C)N1c1ccccc1. The van der Waals surface area contributed by atoms with Gasteiger partial charge in [-0.2, -0.15) is 0 Å². The van der Waals surface area contributed by atoms with Crippen molar-refractivity contribution in [1.29, 1.82) is 0 Å². The topological polar surface area (TPSA) is 29.5 Å². The smallest absolute Gasteiger partial charge is 0.338 e. The number of ether oxygens (including phenoxy) is 1. The normalized spacial score (nSPS) is 19.4. The van der Waals surface area contributed by atoms with Crippen LogP contribution in [0.3, 0.4) is 0 Å². The van der Waals surface area contributed by atoms with E-state index < -0.39 is 0 Å². The molecule has 132 valence electrons. The van der Waals surface area contributed by atoms with Gasteiger partial charge in [0.05, 0.1) is 5.56 Å². The minimum Gasteiger partial charge on any atom is -0.459 e. The van der Waals surface area contributed by atoms with Gasteiger partial charge in [-0.05, 0) is 52.0 Å². The van der Waals surface area contributed by atoms with Crippen LogP contribution >= 0.6 is 0 Å². The van der Waals surface area contributed by atoms with E-state index in [1.54, 1.807) is 12.1 Å². The van der Waals surface area contributed by atoms with Crippen molar-refractivity contribution in [3.05, 3.63) is 66.2 Å². The van der Waals surface area contributed by atoms with Crippen LogP contribution in [0.1, 0.15) is 50.9 Å². The van der Waals surface area contributed by atoms with Crippen molar-refractivity contribution in [2.45, 2.75) is 57.7 Å².